The van der Waals surface area contributed by atoms with Crippen LogP contribution >= 0.6 is 23.2 Å². The number of hydrazine groups is 1. The Morgan fingerprint density at radius 1 is 1.35 bits per heavy atom. The highest BCUT2D eigenvalue weighted by atomic mass is 35.5. The van der Waals surface area contributed by atoms with Crippen molar-refractivity contribution >= 4 is 23.2 Å². The van der Waals surface area contributed by atoms with Crippen LogP contribution in [0.1, 0.15) is 11.6 Å². The van der Waals surface area contributed by atoms with Crippen molar-refractivity contribution in [3.8, 4) is 0 Å². The summed E-state index contributed by atoms with van der Waals surface area (Å²) in [5.41, 5.74) is 3.47. The summed E-state index contributed by atoms with van der Waals surface area (Å²) in [6.07, 6.45) is 0. The Kier molecular flexibility index (Phi) is 6.80. The molecule has 6 heteroatoms. The van der Waals surface area contributed by atoms with E-state index in [1.54, 1.807) is 25.3 Å². The molecule has 0 fully saturated rings. The molecule has 3 N–H and O–H groups in total. The fourth-order valence-corrected chi connectivity index (χ4v) is 1.78. The van der Waals surface area contributed by atoms with E-state index in [-0.39, 0.29) is 6.04 Å². The van der Waals surface area contributed by atoms with Gasteiger partial charge in [0.05, 0.1) is 25.9 Å². The third-order valence-electron chi connectivity index (χ3n) is 2.25. The van der Waals surface area contributed by atoms with Gasteiger partial charge in [0.1, 0.15) is 0 Å². The lowest BCUT2D eigenvalue weighted by Crippen LogP contribution is -2.32. The normalized spacial score (nSPS) is 12.7. The van der Waals surface area contributed by atoms with Gasteiger partial charge in [-0.15, -0.1) is 0 Å². The van der Waals surface area contributed by atoms with Gasteiger partial charge in [-0.1, -0.05) is 23.2 Å². The second-order valence-electron chi connectivity index (χ2n) is 3.45. The maximum Gasteiger partial charge on any atom is 0.0708 e. The molecule has 0 aliphatic heterocycles. The molecule has 0 bridgehead atoms. The molecule has 96 valence electrons. The molecule has 1 rings (SSSR count). The predicted octanol–water partition coefficient (Wildman–Crippen LogP) is 2.16. The van der Waals surface area contributed by atoms with Gasteiger partial charge < -0.3 is 9.47 Å². The molecule has 0 spiro atoms. The maximum absolute atomic E-state index is 6.08. The van der Waals surface area contributed by atoms with E-state index in [1.165, 1.54) is 0 Å². The molecule has 1 atom stereocenters. The molecule has 17 heavy (non-hydrogen) atoms. The minimum atomic E-state index is -0.196. The van der Waals surface area contributed by atoms with Crippen LogP contribution in [0.15, 0.2) is 18.2 Å². The molecule has 1 aromatic carbocycles. The Labute approximate surface area is 111 Å². The summed E-state index contributed by atoms with van der Waals surface area (Å²) in [7, 11) is 1.62. The lowest BCUT2D eigenvalue weighted by atomic mass is 10.1. The molecule has 1 aromatic rings. The zero-order chi connectivity index (χ0) is 12.7. The smallest absolute Gasteiger partial charge is 0.0708 e. The summed E-state index contributed by atoms with van der Waals surface area (Å²) in [4.78, 5) is 0. The average molecular weight is 279 g/mol. The number of hydrogen-bond acceptors (Lipinski definition) is 4. The van der Waals surface area contributed by atoms with Crippen LogP contribution in [0.3, 0.4) is 0 Å². The van der Waals surface area contributed by atoms with Crippen molar-refractivity contribution in [3.63, 3.8) is 0 Å². The SMILES string of the molecule is COCCOCC(NN)c1cc(Cl)ccc1Cl. The fourth-order valence-electron chi connectivity index (χ4n) is 1.35. The second-order valence-corrected chi connectivity index (χ2v) is 4.30. The summed E-state index contributed by atoms with van der Waals surface area (Å²) in [5, 5.41) is 1.22. The van der Waals surface area contributed by atoms with Crippen molar-refractivity contribution < 1.29 is 9.47 Å². The second kappa shape index (κ2) is 7.87. The zero-order valence-electron chi connectivity index (χ0n) is 9.58. The zero-order valence-corrected chi connectivity index (χ0v) is 11.1. The first kappa shape index (κ1) is 14.7. The van der Waals surface area contributed by atoms with Gasteiger partial charge in [-0.3, -0.25) is 11.3 Å². The monoisotopic (exact) mass is 278 g/mol. The Morgan fingerprint density at radius 2 is 2.12 bits per heavy atom. The van der Waals surface area contributed by atoms with Crippen molar-refractivity contribution in [3.05, 3.63) is 33.8 Å². The van der Waals surface area contributed by atoms with Crippen LogP contribution in [0, 0.1) is 0 Å². The van der Waals surface area contributed by atoms with Crippen LogP contribution in [0.25, 0.3) is 0 Å². The van der Waals surface area contributed by atoms with E-state index in [0.717, 1.165) is 5.56 Å². The third-order valence-corrected chi connectivity index (χ3v) is 2.83. The lowest BCUT2D eigenvalue weighted by Gasteiger charge is -2.18. The molecule has 0 aliphatic rings. The van der Waals surface area contributed by atoms with E-state index in [0.29, 0.717) is 29.9 Å². The summed E-state index contributed by atoms with van der Waals surface area (Å²) >= 11 is 12.0. The number of ether oxygens (including phenoxy) is 2. The van der Waals surface area contributed by atoms with E-state index in [2.05, 4.69) is 5.43 Å². The fraction of sp³-hybridized carbons (Fsp3) is 0.455. The van der Waals surface area contributed by atoms with Crippen molar-refractivity contribution in [1.29, 1.82) is 0 Å². The molecule has 4 nitrogen and oxygen atoms in total. The Balaban J connectivity index is 2.62. The largest absolute Gasteiger partial charge is 0.382 e. The third kappa shape index (κ3) is 4.79. The molecule has 0 saturated heterocycles. The molecular weight excluding hydrogens is 263 g/mol. The Morgan fingerprint density at radius 3 is 2.76 bits per heavy atom. The summed E-state index contributed by atoms with van der Waals surface area (Å²) < 4.78 is 10.3. The van der Waals surface area contributed by atoms with E-state index >= 15 is 0 Å². The van der Waals surface area contributed by atoms with Crippen LogP contribution < -0.4 is 11.3 Å². The van der Waals surface area contributed by atoms with Crippen molar-refractivity contribution in [1.82, 2.24) is 5.43 Å². The number of halogens is 2. The molecule has 0 aromatic heterocycles. The quantitative estimate of drug-likeness (QED) is 0.456. The molecule has 0 radical (unpaired) electrons. The van der Waals surface area contributed by atoms with Gasteiger partial charge in [-0.25, -0.2) is 0 Å². The number of benzene rings is 1. The topological polar surface area (TPSA) is 56.5 Å². The van der Waals surface area contributed by atoms with Crippen LogP contribution in [0.2, 0.25) is 10.0 Å². The average Bonchev–Trinajstić information content (AvgIpc) is 2.33. The number of nitrogens with one attached hydrogen (secondary N) is 1. The van der Waals surface area contributed by atoms with Crippen molar-refractivity contribution in [2.24, 2.45) is 5.84 Å². The van der Waals surface area contributed by atoms with Gasteiger partial charge in [-0.05, 0) is 23.8 Å². The van der Waals surface area contributed by atoms with E-state index in [9.17, 15) is 0 Å². The van der Waals surface area contributed by atoms with Crippen LogP contribution in [0.5, 0.6) is 0 Å². The highest BCUT2D eigenvalue weighted by molar-refractivity contribution is 6.33. The van der Waals surface area contributed by atoms with Gasteiger partial charge in [-0.2, -0.15) is 0 Å². The van der Waals surface area contributed by atoms with Gasteiger partial charge >= 0.3 is 0 Å². The van der Waals surface area contributed by atoms with Gasteiger partial charge in [0, 0.05) is 17.2 Å². The number of methoxy groups -OCH3 is 1. The first-order chi connectivity index (χ1) is 8.19. The van der Waals surface area contributed by atoms with Crippen molar-refractivity contribution in [2.45, 2.75) is 6.04 Å². The number of rotatable bonds is 7. The molecule has 1 unspecified atom stereocenters. The van der Waals surface area contributed by atoms with E-state index in [1.807, 2.05) is 0 Å². The molecular formula is C11H16Cl2N2O2. The van der Waals surface area contributed by atoms with Crippen LogP contribution in [-0.4, -0.2) is 26.9 Å². The van der Waals surface area contributed by atoms with Gasteiger partial charge in [0.2, 0.25) is 0 Å². The van der Waals surface area contributed by atoms with Gasteiger partial charge in [0.15, 0.2) is 0 Å². The van der Waals surface area contributed by atoms with Crippen LogP contribution in [-0.2, 0) is 9.47 Å². The molecule has 0 heterocycles. The number of hydrogen-bond donors (Lipinski definition) is 2. The lowest BCUT2D eigenvalue weighted by molar-refractivity contribution is 0.0586. The van der Waals surface area contributed by atoms with Crippen molar-refractivity contribution in [2.75, 3.05) is 26.9 Å². The Bertz CT molecular complexity index is 350. The van der Waals surface area contributed by atoms with E-state index < -0.39 is 0 Å². The van der Waals surface area contributed by atoms with Gasteiger partial charge in [0.25, 0.3) is 0 Å². The van der Waals surface area contributed by atoms with E-state index in [4.69, 9.17) is 38.5 Å². The first-order valence-electron chi connectivity index (χ1n) is 5.16. The highest BCUT2D eigenvalue weighted by Gasteiger charge is 2.13. The maximum atomic E-state index is 6.08. The standard InChI is InChI=1S/C11H16Cl2N2O2/c1-16-4-5-17-7-11(15-14)9-6-8(12)2-3-10(9)13/h2-3,6,11,15H,4-5,7,14H2,1H3. The summed E-state index contributed by atoms with van der Waals surface area (Å²) in [5.74, 6) is 5.48. The summed E-state index contributed by atoms with van der Waals surface area (Å²) in [6.45, 7) is 1.45. The highest BCUT2D eigenvalue weighted by Crippen LogP contribution is 2.26. The Hall–Kier alpha value is -0.360. The first-order valence-corrected chi connectivity index (χ1v) is 5.92. The number of nitrogens with two attached hydrogens (primary N) is 1. The minimum absolute atomic E-state index is 0.196. The van der Waals surface area contributed by atoms with Crippen LogP contribution in [0.4, 0.5) is 0 Å². The summed E-state index contributed by atoms with van der Waals surface area (Å²) in [6, 6.07) is 5.04. The molecule has 0 amide bonds. The predicted molar refractivity (Wildman–Crippen MR) is 69.2 cm³/mol. The minimum Gasteiger partial charge on any atom is -0.382 e. The molecule has 0 saturated carbocycles. The molecule has 0 aliphatic carbocycles.